The Hall–Kier alpha value is -3.63. The SMILES string of the molecule is Cc1nc(N)nc(NC(C)c2nc3cccc(Cl)c3c(=O)n2N2CCN(CC(F)(F)F)CC2)c1C#N. The largest absolute Gasteiger partial charge is 0.401 e. The molecule has 1 aromatic carbocycles. The van der Waals surface area contributed by atoms with Gasteiger partial charge in [-0.1, -0.05) is 17.7 Å². The van der Waals surface area contributed by atoms with E-state index in [-0.39, 0.29) is 59.7 Å². The van der Waals surface area contributed by atoms with Crippen LogP contribution >= 0.6 is 11.6 Å². The van der Waals surface area contributed by atoms with Gasteiger partial charge in [-0.3, -0.25) is 9.69 Å². The number of nitrogens with two attached hydrogens (primary N) is 1. The van der Waals surface area contributed by atoms with E-state index in [1.165, 1.54) is 9.58 Å². The first-order chi connectivity index (χ1) is 17.0. The van der Waals surface area contributed by atoms with Gasteiger partial charge in [0.05, 0.1) is 34.2 Å². The van der Waals surface area contributed by atoms with Crippen LogP contribution in [0.3, 0.4) is 0 Å². The number of fused-ring (bicyclic) bond motifs is 1. The average molecular weight is 522 g/mol. The molecule has 10 nitrogen and oxygen atoms in total. The predicted octanol–water partition coefficient (Wildman–Crippen LogP) is 2.59. The fourth-order valence-corrected chi connectivity index (χ4v) is 4.45. The van der Waals surface area contributed by atoms with E-state index >= 15 is 0 Å². The molecule has 3 N–H and O–H groups in total. The topological polar surface area (TPSA) is 129 Å². The van der Waals surface area contributed by atoms with Gasteiger partial charge in [-0.05, 0) is 26.0 Å². The molecule has 1 aliphatic rings. The van der Waals surface area contributed by atoms with Crippen LogP contribution in [-0.4, -0.2) is 63.4 Å². The van der Waals surface area contributed by atoms with Crippen molar-refractivity contribution in [1.82, 2.24) is 24.5 Å². The Labute approximate surface area is 209 Å². The van der Waals surface area contributed by atoms with E-state index in [4.69, 9.17) is 17.3 Å². The lowest BCUT2D eigenvalue weighted by molar-refractivity contribution is -0.146. The van der Waals surface area contributed by atoms with Crippen LogP contribution in [0.4, 0.5) is 24.9 Å². The van der Waals surface area contributed by atoms with Crippen molar-refractivity contribution in [3.05, 3.63) is 50.7 Å². The van der Waals surface area contributed by atoms with Crippen LogP contribution in [0.2, 0.25) is 5.02 Å². The van der Waals surface area contributed by atoms with Crippen LogP contribution in [0.5, 0.6) is 0 Å². The highest BCUT2D eigenvalue weighted by atomic mass is 35.5. The molecule has 0 spiro atoms. The molecule has 0 bridgehead atoms. The van der Waals surface area contributed by atoms with E-state index in [9.17, 15) is 23.2 Å². The first-order valence-corrected chi connectivity index (χ1v) is 11.4. The minimum absolute atomic E-state index is 0.0300. The normalized spacial score (nSPS) is 15.6. The van der Waals surface area contributed by atoms with Crippen molar-refractivity contribution in [2.24, 2.45) is 0 Å². The number of anilines is 2. The maximum absolute atomic E-state index is 13.6. The summed E-state index contributed by atoms with van der Waals surface area (Å²) in [4.78, 5) is 27.7. The number of nitrogens with zero attached hydrogens (tertiary/aromatic N) is 7. The number of nitrogens with one attached hydrogen (secondary N) is 1. The molecule has 1 saturated heterocycles. The molecule has 3 aromatic rings. The molecule has 2 aromatic heterocycles. The molecule has 0 amide bonds. The number of hydrogen-bond donors (Lipinski definition) is 2. The van der Waals surface area contributed by atoms with Gasteiger partial charge in [-0.15, -0.1) is 0 Å². The summed E-state index contributed by atoms with van der Waals surface area (Å²) in [6, 6.07) is 6.28. The first kappa shape index (κ1) is 25.5. The zero-order chi connectivity index (χ0) is 26.2. The number of aromatic nitrogens is 4. The Kier molecular flexibility index (Phi) is 6.92. The van der Waals surface area contributed by atoms with Crippen molar-refractivity contribution in [2.45, 2.75) is 26.1 Å². The van der Waals surface area contributed by atoms with E-state index in [1.54, 1.807) is 37.1 Å². The fourth-order valence-electron chi connectivity index (χ4n) is 4.20. The molecule has 1 atom stereocenters. The summed E-state index contributed by atoms with van der Waals surface area (Å²) in [6.07, 6.45) is -4.31. The van der Waals surface area contributed by atoms with Crippen molar-refractivity contribution in [3.8, 4) is 6.07 Å². The van der Waals surface area contributed by atoms with E-state index in [0.29, 0.717) is 11.2 Å². The third kappa shape index (κ3) is 5.14. The smallest absolute Gasteiger partial charge is 0.368 e. The van der Waals surface area contributed by atoms with Crippen molar-refractivity contribution in [3.63, 3.8) is 0 Å². The lowest BCUT2D eigenvalue weighted by atomic mass is 10.2. The summed E-state index contributed by atoms with van der Waals surface area (Å²) in [5, 5.41) is 14.7. The third-order valence-corrected chi connectivity index (χ3v) is 6.16. The molecular formula is C22H23ClF3N9O. The van der Waals surface area contributed by atoms with Gasteiger partial charge in [-0.2, -0.15) is 23.4 Å². The summed E-state index contributed by atoms with van der Waals surface area (Å²) in [5.41, 5.74) is 6.26. The zero-order valence-corrected chi connectivity index (χ0v) is 20.2. The van der Waals surface area contributed by atoms with Crippen LogP contribution in [0, 0.1) is 18.3 Å². The summed E-state index contributed by atoms with van der Waals surface area (Å²) in [7, 11) is 0. The molecule has 1 fully saturated rings. The molecule has 0 saturated carbocycles. The van der Waals surface area contributed by atoms with Gasteiger partial charge in [0, 0.05) is 26.2 Å². The predicted molar refractivity (Wildman–Crippen MR) is 129 cm³/mol. The molecule has 1 unspecified atom stereocenters. The standard InChI is InChI=1S/C22H23ClF3N9O/c1-12-14(10-27)18(32-21(28)30-12)29-13(2)19-31-16-5-3-4-15(23)17(16)20(36)35(19)34-8-6-33(7-9-34)11-22(24,25)26/h3-5,13H,6-9,11H2,1-2H3,(H3,28,29,30,32). The Balaban J connectivity index is 1.76. The minimum Gasteiger partial charge on any atom is -0.368 e. The van der Waals surface area contributed by atoms with Gasteiger partial charge in [-0.25, -0.2) is 14.6 Å². The fraction of sp³-hybridized carbons (Fsp3) is 0.409. The maximum atomic E-state index is 13.6. The quantitative estimate of drug-likeness (QED) is 0.520. The molecule has 1 aliphatic heterocycles. The Morgan fingerprint density at radius 2 is 1.92 bits per heavy atom. The van der Waals surface area contributed by atoms with E-state index < -0.39 is 24.3 Å². The molecule has 190 valence electrons. The van der Waals surface area contributed by atoms with Gasteiger partial charge >= 0.3 is 6.18 Å². The number of benzene rings is 1. The monoisotopic (exact) mass is 521 g/mol. The first-order valence-electron chi connectivity index (χ1n) is 11.0. The highest BCUT2D eigenvalue weighted by molar-refractivity contribution is 6.35. The van der Waals surface area contributed by atoms with Crippen LogP contribution < -0.4 is 21.6 Å². The summed E-state index contributed by atoms with van der Waals surface area (Å²) < 4.78 is 39.9. The molecular weight excluding hydrogens is 499 g/mol. The lowest BCUT2D eigenvalue weighted by Crippen LogP contribution is -2.56. The Bertz CT molecular complexity index is 1390. The number of nitrogen functional groups attached to an aromatic ring is 1. The highest BCUT2D eigenvalue weighted by Crippen LogP contribution is 2.25. The van der Waals surface area contributed by atoms with Crippen LogP contribution in [0.25, 0.3) is 10.9 Å². The number of rotatable bonds is 5. The third-order valence-electron chi connectivity index (χ3n) is 5.84. The van der Waals surface area contributed by atoms with E-state index in [1.807, 2.05) is 6.07 Å². The lowest BCUT2D eigenvalue weighted by Gasteiger charge is -2.38. The van der Waals surface area contributed by atoms with Crippen LogP contribution in [0.1, 0.15) is 30.0 Å². The number of aryl methyl sites for hydroxylation is 1. The molecule has 36 heavy (non-hydrogen) atoms. The second-order valence-corrected chi connectivity index (χ2v) is 8.84. The molecule has 3 heterocycles. The number of hydrogen-bond acceptors (Lipinski definition) is 9. The van der Waals surface area contributed by atoms with Gasteiger partial charge in [0.25, 0.3) is 5.56 Å². The van der Waals surface area contributed by atoms with Crippen LogP contribution in [0.15, 0.2) is 23.0 Å². The molecule has 0 radical (unpaired) electrons. The van der Waals surface area contributed by atoms with E-state index in [2.05, 4.69) is 20.3 Å². The second-order valence-electron chi connectivity index (χ2n) is 8.43. The van der Waals surface area contributed by atoms with E-state index in [0.717, 1.165) is 0 Å². The summed E-state index contributed by atoms with van der Waals surface area (Å²) in [6.45, 7) is 2.87. The number of nitriles is 1. The summed E-state index contributed by atoms with van der Waals surface area (Å²) >= 11 is 6.32. The van der Waals surface area contributed by atoms with Gasteiger partial charge in [0.15, 0.2) is 5.82 Å². The highest BCUT2D eigenvalue weighted by Gasteiger charge is 2.33. The number of alkyl halides is 3. The minimum atomic E-state index is -4.31. The van der Waals surface area contributed by atoms with Gasteiger partial charge in [0.2, 0.25) is 5.95 Å². The second kappa shape index (κ2) is 9.79. The number of halogens is 4. The average Bonchev–Trinajstić information content (AvgIpc) is 2.78. The van der Waals surface area contributed by atoms with Crippen molar-refractivity contribution in [1.29, 1.82) is 5.26 Å². The van der Waals surface area contributed by atoms with Crippen molar-refractivity contribution < 1.29 is 13.2 Å². The number of piperazine rings is 1. The van der Waals surface area contributed by atoms with Crippen molar-refractivity contribution >= 4 is 34.3 Å². The molecule has 14 heteroatoms. The summed E-state index contributed by atoms with van der Waals surface area (Å²) in [5.74, 6) is 0.424. The van der Waals surface area contributed by atoms with Crippen molar-refractivity contribution in [2.75, 3.05) is 48.8 Å². The maximum Gasteiger partial charge on any atom is 0.401 e. The van der Waals surface area contributed by atoms with Crippen LogP contribution in [-0.2, 0) is 0 Å². The van der Waals surface area contributed by atoms with Gasteiger partial charge in [0.1, 0.15) is 17.5 Å². The Morgan fingerprint density at radius 1 is 1.22 bits per heavy atom. The van der Waals surface area contributed by atoms with Gasteiger partial charge < -0.3 is 16.1 Å². The Morgan fingerprint density at radius 3 is 2.56 bits per heavy atom. The molecule has 0 aliphatic carbocycles. The zero-order valence-electron chi connectivity index (χ0n) is 19.5. The molecule has 4 rings (SSSR count).